The largest absolute Gasteiger partial charge is 0.522 e. The predicted molar refractivity (Wildman–Crippen MR) is 97.1 cm³/mol. The Bertz CT molecular complexity index is 329. The Kier molecular flexibility index (Phi) is 16.4. The van der Waals surface area contributed by atoms with Crippen molar-refractivity contribution in [1.82, 2.24) is 0 Å². The van der Waals surface area contributed by atoms with E-state index in [1.54, 1.807) is 0 Å². The number of ether oxygens (including phenoxy) is 1. The first kappa shape index (κ1) is 21.9. The van der Waals surface area contributed by atoms with Crippen LogP contribution in [0, 0.1) is 0 Å². The molecule has 0 radical (unpaired) electrons. The smallest absolute Gasteiger partial charge is 0.331 e. The molecule has 0 aromatic rings. The highest BCUT2D eigenvalue weighted by molar-refractivity contribution is 6.31. The molecule has 0 saturated heterocycles. The first-order chi connectivity index (χ1) is 11.2. The standard InChI is InChI=1S/C18H34O4Si/c1-3-5-7-9-10-11-15-21-17(19)13-14-18(20)22-23-16-12-8-6-4-2/h13-14H,3-12,15-16,23H2,1-2H3/b14-13-. The Balaban J connectivity index is 3.49. The molecule has 0 rings (SSSR count). The molecule has 0 aliphatic heterocycles. The van der Waals surface area contributed by atoms with Crippen LogP contribution >= 0.6 is 0 Å². The van der Waals surface area contributed by atoms with Gasteiger partial charge in [-0.1, -0.05) is 71.6 Å². The van der Waals surface area contributed by atoms with E-state index in [4.69, 9.17) is 9.16 Å². The van der Waals surface area contributed by atoms with Crippen LogP contribution in [0.15, 0.2) is 12.2 Å². The van der Waals surface area contributed by atoms with Crippen molar-refractivity contribution in [2.24, 2.45) is 0 Å². The fourth-order valence-corrected chi connectivity index (χ4v) is 3.17. The van der Waals surface area contributed by atoms with Crippen LogP contribution in [0.25, 0.3) is 0 Å². The molecule has 0 heterocycles. The summed E-state index contributed by atoms with van der Waals surface area (Å²) in [7, 11) is -0.792. The van der Waals surface area contributed by atoms with Gasteiger partial charge in [-0.05, 0) is 12.5 Å². The Morgan fingerprint density at radius 3 is 2.04 bits per heavy atom. The van der Waals surface area contributed by atoms with Crippen molar-refractivity contribution in [3.63, 3.8) is 0 Å². The molecular weight excluding hydrogens is 308 g/mol. The van der Waals surface area contributed by atoms with Crippen molar-refractivity contribution < 1.29 is 18.8 Å². The van der Waals surface area contributed by atoms with E-state index in [0.717, 1.165) is 25.3 Å². The van der Waals surface area contributed by atoms with Crippen molar-refractivity contribution in [2.75, 3.05) is 6.61 Å². The Morgan fingerprint density at radius 1 is 0.783 bits per heavy atom. The summed E-state index contributed by atoms with van der Waals surface area (Å²) in [6.45, 7) is 4.79. The normalized spacial score (nSPS) is 11.4. The molecule has 0 atom stereocenters. The number of hydrogen-bond donors (Lipinski definition) is 0. The molecule has 0 unspecified atom stereocenters. The monoisotopic (exact) mass is 342 g/mol. The second-order valence-corrected chi connectivity index (χ2v) is 7.25. The molecule has 0 bridgehead atoms. The minimum absolute atomic E-state index is 0.413. The predicted octanol–water partition coefficient (Wildman–Crippen LogP) is 4.07. The van der Waals surface area contributed by atoms with E-state index >= 15 is 0 Å². The van der Waals surface area contributed by atoms with Crippen LogP contribution < -0.4 is 0 Å². The molecule has 0 saturated carbocycles. The van der Waals surface area contributed by atoms with Gasteiger partial charge in [0.1, 0.15) is 0 Å². The van der Waals surface area contributed by atoms with E-state index in [9.17, 15) is 9.59 Å². The SMILES string of the molecule is CCCCCCCCOC(=O)/C=C\C(=O)O[SiH2]CCCCCC. The van der Waals surface area contributed by atoms with Gasteiger partial charge in [0.25, 0.3) is 0 Å². The van der Waals surface area contributed by atoms with Gasteiger partial charge in [0, 0.05) is 12.2 Å². The highest BCUT2D eigenvalue weighted by atomic mass is 28.2. The summed E-state index contributed by atoms with van der Waals surface area (Å²) >= 11 is 0. The van der Waals surface area contributed by atoms with Gasteiger partial charge in [-0.3, -0.25) is 0 Å². The summed E-state index contributed by atoms with van der Waals surface area (Å²) in [4.78, 5) is 22.9. The maximum atomic E-state index is 11.4. The molecule has 0 aliphatic rings. The van der Waals surface area contributed by atoms with Crippen LogP contribution in [0.5, 0.6) is 0 Å². The molecule has 5 heteroatoms. The van der Waals surface area contributed by atoms with E-state index in [1.165, 1.54) is 57.1 Å². The molecule has 4 nitrogen and oxygen atoms in total. The molecule has 0 amide bonds. The van der Waals surface area contributed by atoms with Gasteiger partial charge in [0.15, 0.2) is 0 Å². The second-order valence-electron chi connectivity index (χ2n) is 5.85. The number of hydrogen-bond acceptors (Lipinski definition) is 4. The number of rotatable bonds is 15. The average molecular weight is 343 g/mol. The fourth-order valence-electron chi connectivity index (χ4n) is 2.17. The third kappa shape index (κ3) is 17.1. The van der Waals surface area contributed by atoms with E-state index < -0.39 is 21.7 Å². The first-order valence-corrected chi connectivity index (χ1v) is 10.8. The van der Waals surface area contributed by atoms with Gasteiger partial charge < -0.3 is 9.16 Å². The van der Waals surface area contributed by atoms with Gasteiger partial charge in [-0.2, -0.15) is 0 Å². The van der Waals surface area contributed by atoms with Crippen LogP contribution in [0.1, 0.15) is 78.1 Å². The van der Waals surface area contributed by atoms with E-state index in [0.29, 0.717) is 6.61 Å². The van der Waals surface area contributed by atoms with Gasteiger partial charge in [-0.15, -0.1) is 0 Å². The zero-order valence-electron chi connectivity index (χ0n) is 15.0. The van der Waals surface area contributed by atoms with Gasteiger partial charge in [0.05, 0.1) is 6.61 Å². The number of esters is 1. The second kappa shape index (κ2) is 17.3. The topological polar surface area (TPSA) is 52.6 Å². The van der Waals surface area contributed by atoms with Gasteiger partial charge in [-0.25, -0.2) is 9.59 Å². The van der Waals surface area contributed by atoms with Crippen molar-refractivity contribution in [2.45, 2.75) is 84.1 Å². The highest BCUT2D eigenvalue weighted by Gasteiger charge is 2.01. The van der Waals surface area contributed by atoms with Crippen LogP contribution in [-0.2, 0) is 18.8 Å². The average Bonchev–Trinajstić information content (AvgIpc) is 2.55. The maximum absolute atomic E-state index is 11.4. The van der Waals surface area contributed by atoms with Crippen molar-refractivity contribution in [1.29, 1.82) is 0 Å². The minimum Gasteiger partial charge on any atom is -0.522 e. The lowest BCUT2D eigenvalue weighted by Gasteiger charge is -2.03. The summed E-state index contributed by atoms with van der Waals surface area (Å²) in [6, 6.07) is 1.02. The van der Waals surface area contributed by atoms with Crippen LogP contribution in [0.3, 0.4) is 0 Å². The van der Waals surface area contributed by atoms with Gasteiger partial charge in [0.2, 0.25) is 9.76 Å². The van der Waals surface area contributed by atoms with E-state index in [-0.39, 0.29) is 0 Å². The lowest BCUT2D eigenvalue weighted by atomic mass is 10.1. The molecule has 0 aromatic carbocycles. The van der Waals surface area contributed by atoms with Crippen LogP contribution in [-0.4, -0.2) is 28.3 Å². The molecule has 0 N–H and O–H groups in total. The third-order valence-electron chi connectivity index (χ3n) is 3.59. The number of unbranched alkanes of at least 4 members (excludes halogenated alkanes) is 8. The molecule has 0 aliphatic carbocycles. The molecule has 134 valence electrons. The van der Waals surface area contributed by atoms with Crippen molar-refractivity contribution in [3.8, 4) is 0 Å². The van der Waals surface area contributed by atoms with E-state index in [1.807, 2.05) is 0 Å². The molecule has 0 aromatic heterocycles. The van der Waals surface area contributed by atoms with E-state index in [2.05, 4.69) is 13.8 Å². The van der Waals surface area contributed by atoms with Gasteiger partial charge >= 0.3 is 11.9 Å². The highest BCUT2D eigenvalue weighted by Crippen LogP contribution is 2.05. The molecule has 0 spiro atoms. The van der Waals surface area contributed by atoms with Crippen LogP contribution in [0.2, 0.25) is 6.04 Å². The Labute approximate surface area is 144 Å². The Hall–Kier alpha value is -1.10. The zero-order chi connectivity index (χ0) is 17.2. The minimum atomic E-state index is -0.792. The quantitative estimate of drug-likeness (QED) is 0.195. The zero-order valence-corrected chi connectivity index (χ0v) is 16.4. The fraction of sp³-hybridized carbons (Fsp3) is 0.778. The van der Waals surface area contributed by atoms with Crippen molar-refractivity contribution >= 4 is 21.7 Å². The third-order valence-corrected chi connectivity index (χ3v) is 4.87. The summed E-state index contributed by atoms with van der Waals surface area (Å²) in [5, 5.41) is 0. The summed E-state index contributed by atoms with van der Waals surface area (Å²) in [6.07, 6.45) is 14.1. The first-order valence-electron chi connectivity index (χ1n) is 9.22. The van der Waals surface area contributed by atoms with Crippen molar-refractivity contribution in [3.05, 3.63) is 12.2 Å². The summed E-state index contributed by atoms with van der Waals surface area (Å²) in [5.74, 6) is -0.871. The summed E-state index contributed by atoms with van der Waals surface area (Å²) in [5.41, 5.74) is 0. The molecule has 0 fully saturated rings. The van der Waals surface area contributed by atoms with Crippen LogP contribution in [0.4, 0.5) is 0 Å². The number of carbonyl (C=O) groups excluding carboxylic acids is 2. The number of carbonyl (C=O) groups is 2. The molecular formula is C18H34O4Si. The Morgan fingerprint density at radius 2 is 1.35 bits per heavy atom. The molecule has 23 heavy (non-hydrogen) atoms. The summed E-state index contributed by atoms with van der Waals surface area (Å²) < 4.78 is 10.2. The lowest BCUT2D eigenvalue weighted by molar-refractivity contribution is -0.138. The maximum Gasteiger partial charge on any atom is 0.331 e. The lowest BCUT2D eigenvalue weighted by Crippen LogP contribution is -2.07.